The van der Waals surface area contributed by atoms with Gasteiger partial charge in [-0.15, -0.1) is 0 Å². The normalized spacial score (nSPS) is 10.6. The van der Waals surface area contributed by atoms with Gasteiger partial charge in [-0.3, -0.25) is 4.98 Å². The molecule has 1 aromatic carbocycles. The highest BCUT2D eigenvalue weighted by Gasteiger charge is 2.06. The van der Waals surface area contributed by atoms with Gasteiger partial charge in [-0.2, -0.15) is 0 Å². The SMILES string of the molecule is OCc1ncc(-c2ccc(Cl)c(Cl)c2)cc1Cl. The van der Waals surface area contributed by atoms with Gasteiger partial charge < -0.3 is 5.11 Å². The van der Waals surface area contributed by atoms with Crippen LogP contribution in [-0.2, 0) is 6.61 Å². The van der Waals surface area contributed by atoms with Crippen LogP contribution in [0.5, 0.6) is 0 Å². The zero-order valence-electron chi connectivity index (χ0n) is 8.62. The molecule has 0 aliphatic rings. The number of aliphatic hydroxyl groups excluding tert-OH is 1. The van der Waals surface area contributed by atoms with E-state index in [1.54, 1.807) is 24.4 Å². The summed E-state index contributed by atoms with van der Waals surface area (Å²) in [5.41, 5.74) is 2.15. The van der Waals surface area contributed by atoms with Crippen molar-refractivity contribution in [1.82, 2.24) is 4.98 Å². The van der Waals surface area contributed by atoms with Crippen molar-refractivity contribution < 1.29 is 5.11 Å². The van der Waals surface area contributed by atoms with E-state index in [1.165, 1.54) is 0 Å². The third-order valence-corrected chi connectivity index (χ3v) is 3.39. The van der Waals surface area contributed by atoms with E-state index in [9.17, 15) is 0 Å². The molecule has 88 valence electrons. The Bertz CT molecular complexity index is 557. The van der Waals surface area contributed by atoms with Gasteiger partial charge in [-0.25, -0.2) is 0 Å². The molecule has 0 bridgehead atoms. The molecular weight excluding hydrogens is 280 g/mol. The third kappa shape index (κ3) is 2.72. The predicted molar refractivity (Wildman–Crippen MR) is 70.6 cm³/mol. The van der Waals surface area contributed by atoms with Crippen LogP contribution >= 0.6 is 34.8 Å². The highest BCUT2D eigenvalue weighted by molar-refractivity contribution is 6.42. The quantitative estimate of drug-likeness (QED) is 0.898. The van der Waals surface area contributed by atoms with E-state index in [1.807, 2.05) is 6.07 Å². The van der Waals surface area contributed by atoms with E-state index < -0.39 is 0 Å². The molecule has 0 aliphatic carbocycles. The fraction of sp³-hybridized carbons (Fsp3) is 0.0833. The molecule has 1 N–H and O–H groups in total. The lowest BCUT2D eigenvalue weighted by Gasteiger charge is -2.05. The van der Waals surface area contributed by atoms with Gasteiger partial charge in [0, 0.05) is 11.8 Å². The Morgan fingerprint density at radius 3 is 2.24 bits per heavy atom. The van der Waals surface area contributed by atoms with Crippen LogP contribution in [0.25, 0.3) is 11.1 Å². The van der Waals surface area contributed by atoms with Crippen LogP contribution in [0.3, 0.4) is 0 Å². The number of aromatic nitrogens is 1. The largest absolute Gasteiger partial charge is 0.390 e. The Kier molecular flexibility index (Phi) is 3.89. The zero-order chi connectivity index (χ0) is 12.4. The lowest BCUT2D eigenvalue weighted by molar-refractivity contribution is 0.277. The van der Waals surface area contributed by atoms with Gasteiger partial charge in [-0.1, -0.05) is 40.9 Å². The second-order valence-electron chi connectivity index (χ2n) is 3.44. The first kappa shape index (κ1) is 12.7. The van der Waals surface area contributed by atoms with Crippen LogP contribution in [0, 0.1) is 0 Å². The summed E-state index contributed by atoms with van der Waals surface area (Å²) < 4.78 is 0. The van der Waals surface area contributed by atoms with Crippen LogP contribution in [-0.4, -0.2) is 10.1 Å². The van der Waals surface area contributed by atoms with E-state index in [0.717, 1.165) is 11.1 Å². The number of halogens is 3. The van der Waals surface area contributed by atoms with Crippen LogP contribution in [0.2, 0.25) is 15.1 Å². The first-order valence-electron chi connectivity index (χ1n) is 4.82. The van der Waals surface area contributed by atoms with E-state index in [0.29, 0.717) is 20.8 Å². The molecular formula is C12H8Cl3NO. The van der Waals surface area contributed by atoms with Gasteiger partial charge in [0.05, 0.1) is 27.4 Å². The maximum Gasteiger partial charge on any atom is 0.0868 e. The van der Waals surface area contributed by atoms with Gasteiger partial charge in [0.25, 0.3) is 0 Å². The summed E-state index contributed by atoms with van der Waals surface area (Å²) in [6, 6.07) is 7.03. The van der Waals surface area contributed by atoms with Crippen molar-refractivity contribution in [2.75, 3.05) is 0 Å². The number of nitrogens with zero attached hydrogens (tertiary/aromatic N) is 1. The Balaban J connectivity index is 2.46. The standard InChI is InChI=1S/C12H8Cl3NO/c13-9-2-1-7(3-10(9)14)8-4-11(15)12(6-17)16-5-8/h1-5,17H,6H2. The number of pyridine rings is 1. The topological polar surface area (TPSA) is 33.1 Å². The van der Waals surface area contributed by atoms with Crippen molar-refractivity contribution in [1.29, 1.82) is 0 Å². The first-order chi connectivity index (χ1) is 8.11. The summed E-state index contributed by atoms with van der Waals surface area (Å²) >= 11 is 17.7. The van der Waals surface area contributed by atoms with Crippen LogP contribution in [0.4, 0.5) is 0 Å². The van der Waals surface area contributed by atoms with Crippen molar-refractivity contribution in [2.24, 2.45) is 0 Å². The van der Waals surface area contributed by atoms with Gasteiger partial charge in [0.1, 0.15) is 0 Å². The Labute approximate surface area is 114 Å². The van der Waals surface area contributed by atoms with Crippen molar-refractivity contribution in [3.05, 3.63) is 51.2 Å². The molecule has 0 saturated heterocycles. The molecule has 1 aromatic heterocycles. The molecule has 2 aromatic rings. The smallest absolute Gasteiger partial charge is 0.0868 e. The predicted octanol–water partition coefficient (Wildman–Crippen LogP) is 4.20. The lowest BCUT2D eigenvalue weighted by atomic mass is 10.1. The zero-order valence-corrected chi connectivity index (χ0v) is 10.9. The second-order valence-corrected chi connectivity index (χ2v) is 4.66. The molecule has 0 spiro atoms. The van der Waals surface area contributed by atoms with Gasteiger partial charge in [-0.05, 0) is 23.8 Å². The van der Waals surface area contributed by atoms with Crippen molar-refractivity contribution in [2.45, 2.75) is 6.61 Å². The number of aliphatic hydroxyl groups is 1. The summed E-state index contributed by atoms with van der Waals surface area (Å²) in [6.45, 7) is -0.180. The molecule has 0 unspecified atom stereocenters. The molecule has 0 aliphatic heterocycles. The average Bonchev–Trinajstić information content (AvgIpc) is 2.32. The van der Waals surface area contributed by atoms with Gasteiger partial charge >= 0.3 is 0 Å². The molecule has 0 amide bonds. The maximum atomic E-state index is 8.97. The highest BCUT2D eigenvalue weighted by atomic mass is 35.5. The Hall–Kier alpha value is -0.800. The molecule has 0 atom stereocenters. The molecule has 17 heavy (non-hydrogen) atoms. The molecule has 2 nitrogen and oxygen atoms in total. The first-order valence-corrected chi connectivity index (χ1v) is 5.96. The molecule has 0 saturated carbocycles. The molecule has 0 fully saturated rings. The summed E-state index contributed by atoms with van der Waals surface area (Å²) in [5.74, 6) is 0. The fourth-order valence-electron chi connectivity index (χ4n) is 1.42. The van der Waals surface area contributed by atoms with Crippen LogP contribution in [0.15, 0.2) is 30.5 Å². The molecule has 0 radical (unpaired) electrons. The van der Waals surface area contributed by atoms with Crippen molar-refractivity contribution in [3.63, 3.8) is 0 Å². The summed E-state index contributed by atoms with van der Waals surface area (Å²) in [4.78, 5) is 4.07. The highest BCUT2D eigenvalue weighted by Crippen LogP contribution is 2.29. The average molecular weight is 289 g/mol. The summed E-state index contributed by atoms with van der Waals surface area (Å²) in [5, 5.41) is 10.4. The van der Waals surface area contributed by atoms with Crippen molar-refractivity contribution >= 4 is 34.8 Å². The minimum absolute atomic E-state index is 0.180. The van der Waals surface area contributed by atoms with E-state index in [4.69, 9.17) is 39.9 Å². The Morgan fingerprint density at radius 1 is 0.941 bits per heavy atom. The minimum atomic E-state index is -0.180. The lowest BCUT2D eigenvalue weighted by Crippen LogP contribution is -1.91. The van der Waals surface area contributed by atoms with Gasteiger partial charge in [0.2, 0.25) is 0 Å². The van der Waals surface area contributed by atoms with Gasteiger partial charge in [0.15, 0.2) is 0 Å². The molecule has 2 rings (SSSR count). The number of rotatable bonds is 2. The van der Waals surface area contributed by atoms with E-state index >= 15 is 0 Å². The summed E-state index contributed by atoms with van der Waals surface area (Å²) in [6.07, 6.45) is 1.64. The maximum absolute atomic E-state index is 8.97. The van der Waals surface area contributed by atoms with Crippen LogP contribution < -0.4 is 0 Å². The minimum Gasteiger partial charge on any atom is -0.390 e. The van der Waals surface area contributed by atoms with Crippen molar-refractivity contribution in [3.8, 4) is 11.1 Å². The van der Waals surface area contributed by atoms with Crippen LogP contribution in [0.1, 0.15) is 5.69 Å². The Morgan fingerprint density at radius 2 is 1.65 bits per heavy atom. The fourth-order valence-corrected chi connectivity index (χ4v) is 1.94. The number of hydrogen-bond donors (Lipinski definition) is 1. The van der Waals surface area contributed by atoms with E-state index in [-0.39, 0.29) is 6.61 Å². The second kappa shape index (κ2) is 5.23. The molecule has 1 heterocycles. The summed E-state index contributed by atoms with van der Waals surface area (Å²) in [7, 11) is 0. The molecule has 5 heteroatoms. The number of benzene rings is 1. The van der Waals surface area contributed by atoms with E-state index in [2.05, 4.69) is 4.98 Å². The number of hydrogen-bond acceptors (Lipinski definition) is 2. The third-order valence-electron chi connectivity index (χ3n) is 2.32. The monoisotopic (exact) mass is 287 g/mol.